The lowest BCUT2D eigenvalue weighted by Crippen LogP contribution is -2.09. The summed E-state index contributed by atoms with van der Waals surface area (Å²) in [7, 11) is 0. The summed E-state index contributed by atoms with van der Waals surface area (Å²) in [4.78, 5) is 4.47. The molecular formula is C12H9BrFN3S. The number of nitrogens with zero attached hydrogens (tertiary/aromatic N) is 1. The molecule has 0 amide bonds. The number of hydrogen-bond donors (Lipinski definition) is 2. The van der Waals surface area contributed by atoms with Crippen molar-refractivity contribution in [3.05, 3.63) is 52.4 Å². The first kappa shape index (κ1) is 12.9. The van der Waals surface area contributed by atoms with E-state index in [2.05, 4.69) is 26.2 Å². The predicted octanol–water partition coefficient (Wildman–Crippen LogP) is 3.36. The van der Waals surface area contributed by atoms with E-state index in [1.165, 1.54) is 12.1 Å². The van der Waals surface area contributed by atoms with Crippen LogP contribution in [0.3, 0.4) is 0 Å². The number of hydrogen-bond acceptors (Lipinski definition) is 3. The Morgan fingerprint density at radius 3 is 2.67 bits per heavy atom. The molecule has 6 heteroatoms. The minimum Gasteiger partial charge on any atom is -0.389 e. The quantitative estimate of drug-likeness (QED) is 0.849. The smallest absolute Gasteiger partial charge is 0.130 e. The fourth-order valence-electron chi connectivity index (χ4n) is 1.34. The van der Waals surface area contributed by atoms with Crippen LogP contribution >= 0.6 is 28.1 Å². The molecule has 0 spiro atoms. The zero-order valence-electron chi connectivity index (χ0n) is 9.15. The second-order valence-electron chi connectivity index (χ2n) is 3.55. The van der Waals surface area contributed by atoms with Crippen LogP contribution in [0.5, 0.6) is 0 Å². The molecular weight excluding hydrogens is 317 g/mol. The monoisotopic (exact) mass is 325 g/mol. The summed E-state index contributed by atoms with van der Waals surface area (Å²) < 4.78 is 13.6. The first-order chi connectivity index (χ1) is 8.56. The number of halogens is 2. The summed E-state index contributed by atoms with van der Waals surface area (Å²) >= 11 is 8.11. The van der Waals surface area contributed by atoms with Gasteiger partial charge in [-0.2, -0.15) is 0 Å². The number of nitrogens with two attached hydrogens (primary N) is 1. The van der Waals surface area contributed by atoms with Gasteiger partial charge < -0.3 is 11.1 Å². The number of nitrogens with one attached hydrogen (secondary N) is 1. The lowest BCUT2D eigenvalue weighted by molar-refractivity contribution is 0.627. The summed E-state index contributed by atoms with van der Waals surface area (Å²) in [6.45, 7) is 0. The molecule has 2 aromatic rings. The number of anilines is 2. The third-order valence-electron chi connectivity index (χ3n) is 2.24. The molecule has 2 rings (SSSR count). The van der Waals surface area contributed by atoms with Gasteiger partial charge in [0.25, 0.3) is 0 Å². The Balaban J connectivity index is 2.21. The third kappa shape index (κ3) is 3.02. The Labute approximate surface area is 117 Å². The highest BCUT2D eigenvalue weighted by Crippen LogP contribution is 2.25. The van der Waals surface area contributed by atoms with Crippen LogP contribution in [0.15, 0.2) is 41.0 Å². The van der Waals surface area contributed by atoms with Gasteiger partial charge in [-0.1, -0.05) is 12.2 Å². The van der Waals surface area contributed by atoms with E-state index in [1.54, 1.807) is 24.4 Å². The maximum absolute atomic E-state index is 12.9. The van der Waals surface area contributed by atoms with E-state index in [0.717, 1.165) is 5.69 Å². The maximum atomic E-state index is 12.9. The number of rotatable bonds is 3. The van der Waals surface area contributed by atoms with Gasteiger partial charge in [0.1, 0.15) is 16.6 Å². The van der Waals surface area contributed by atoms with Crippen LogP contribution in [0.4, 0.5) is 15.9 Å². The minimum atomic E-state index is -0.302. The van der Waals surface area contributed by atoms with E-state index < -0.39 is 0 Å². The van der Waals surface area contributed by atoms with E-state index in [-0.39, 0.29) is 5.82 Å². The SMILES string of the molecule is NC(=S)c1ccc(Nc2ccc(F)cc2Br)nc1. The molecule has 0 saturated carbocycles. The molecule has 18 heavy (non-hydrogen) atoms. The topological polar surface area (TPSA) is 50.9 Å². The zero-order chi connectivity index (χ0) is 13.1. The number of benzene rings is 1. The van der Waals surface area contributed by atoms with Crippen LogP contribution < -0.4 is 11.1 Å². The van der Waals surface area contributed by atoms with E-state index in [4.69, 9.17) is 18.0 Å². The molecule has 1 aromatic carbocycles. The van der Waals surface area contributed by atoms with Crippen molar-refractivity contribution in [2.45, 2.75) is 0 Å². The largest absolute Gasteiger partial charge is 0.389 e. The molecule has 0 aliphatic rings. The first-order valence-corrected chi connectivity index (χ1v) is 6.24. The van der Waals surface area contributed by atoms with Gasteiger partial charge in [-0.15, -0.1) is 0 Å². The van der Waals surface area contributed by atoms with E-state index in [1.807, 2.05) is 0 Å². The normalized spacial score (nSPS) is 10.1. The summed E-state index contributed by atoms with van der Waals surface area (Å²) in [5, 5.41) is 3.06. The van der Waals surface area contributed by atoms with Gasteiger partial charge in [0.2, 0.25) is 0 Å². The molecule has 0 bridgehead atoms. The predicted molar refractivity (Wildman–Crippen MR) is 77.5 cm³/mol. The number of aromatic nitrogens is 1. The fourth-order valence-corrected chi connectivity index (χ4v) is 1.91. The van der Waals surface area contributed by atoms with E-state index in [9.17, 15) is 4.39 Å². The lowest BCUT2D eigenvalue weighted by atomic mass is 10.2. The van der Waals surface area contributed by atoms with E-state index in [0.29, 0.717) is 20.8 Å². The summed E-state index contributed by atoms with van der Waals surface area (Å²) in [5.41, 5.74) is 6.91. The van der Waals surface area contributed by atoms with Crippen molar-refractivity contribution in [2.75, 3.05) is 5.32 Å². The molecule has 1 aromatic heterocycles. The second-order valence-corrected chi connectivity index (χ2v) is 4.84. The van der Waals surface area contributed by atoms with Crippen molar-refractivity contribution < 1.29 is 4.39 Å². The molecule has 1 heterocycles. The maximum Gasteiger partial charge on any atom is 0.130 e. The van der Waals surface area contributed by atoms with Crippen molar-refractivity contribution >= 4 is 44.6 Å². The zero-order valence-corrected chi connectivity index (χ0v) is 11.6. The average molecular weight is 326 g/mol. The van der Waals surface area contributed by atoms with Gasteiger partial charge in [-0.3, -0.25) is 0 Å². The van der Waals surface area contributed by atoms with E-state index >= 15 is 0 Å². The molecule has 0 unspecified atom stereocenters. The molecule has 0 aliphatic carbocycles. The van der Waals surface area contributed by atoms with Crippen LogP contribution in [-0.4, -0.2) is 9.97 Å². The van der Waals surface area contributed by atoms with Crippen molar-refractivity contribution in [3.63, 3.8) is 0 Å². The average Bonchev–Trinajstić information content (AvgIpc) is 2.33. The third-order valence-corrected chi connectivity index (χ3v) is 3.13. The van der Waals surface area contributed by atoms with Crippen LogP contribution in [0.25, 0.3) is 0 Å². The molecule has 3 nitrogen and oxygen atoms in total. The van der Waals surface area contributed by atoms with Crippen LogP contribution in [0, 0.1) is 5.82 Å². The van der Waals surface area contributed by atoms with Gasteiger partial charge in [0.15, 0.2) is 0 Å². The standard InChI is InChI=1S/C12H9BrFN3S/c13-9-5-8(14)2-3-10(9)17-11-4-1-7(6-16-11)12(15)18/h1-6H,(H2,15,18)(H,16,17). The molecule has 0 saturated heterocycles. The van der Waals surface area contributed by atoms with Crippen molar-refractivity contribution in [2.24, 2.45) is 5.73 Å². The Hall–Kier alpha value is -1.53. The number of thiocarbonyl (C=S) groups is 1. The van der Waals surface area contributed by atoms with Crippen LogP contribution in [-0.2, 0) is 0 Å². The van der Waals surface area contributed by atoms with Gasteiger partial charge >= 0.3 is 0 Å². The molecule has 3 N–H and O–H groups in total. The Bertz CT molecular complexity index is 586. The van der Waals surface area contributed by atoms with Gasteiger partial charge in [0, 0.05) is 16.2 Å². The molecule has 0 fully saturated rings. The second kappa shape index (κ2) is 5.41. The van der Waals surface area contributed by atoms with Crippen molar-refractivity contribution in [1.29, 1.82) is 0 Å². The highest BCUT2D eigenvalue weighted by Gasteiger charge is 2.03. The van der Waals surface area contributed by atoms with Gasteiger partial charge in [-0.25, -0.2) is 9.37 Å². The minimum absolute atomic E-state index is 0.302. The van der Waals surface area contributed by atoms with Crippen LogP contribution in [0.1, 0.15) is 5.56 Å². The Kier molecular flexibility index (Phi) is 3.88. The molecule has 0 aliphatic heterocycles. The molecule has 92 valence electrons. The van der Waals surface area contributed by atoms with Crippen molar-refractivity contribution in [3.8, 4) is 0 Å². The Morgan fingerprint density at radius 2 is 2.11 bits per heavy atom. The molecule has 0 radical (unpaired) electrons. The van der Waals surface area contributed by atoms with Gasteiger partial charge in [0.05, 0.1) is 5.69 Å². The summed E-state index contributed by atoms with van der Waals surface area (Å²) in [6.07, 6.45) is 1.59. The first-order valence-electron chi connectivity index (χ1n) is 5.04. The number of pyridine rings is 1. The van der Waals surface area contributed by atoms with Crippen molar-refractivity contribution in [1.82, 2.24) is 4.98 Å². The molecule has 0 atom stereocenters. The Morgan fingerprint density at radius 1 is 1.33 bits per heavy atom. The highest BCUT2D eigenvalue weighted by molar-refractivity contribution is 9.10. The van der Waals surface area contributed by atoms with Crippen LogP contribution in [0.2, 0.25) is 0 Å². The summed E-state index contributed by atoms with van der Waals surface area (Å²) in [5.74, 6) is 0.325. The fraction of sp³-hybridized carbons (Fsp3) is 0. The lowest BCUT2D eigenvalue weighted by Gasteiger charge is -2.08. The van der Waals surface area contributed by atoms with Gasteiger partial charge in [-0.05, 0) is 46.3 Å². The summed E-state index contributed by atoms with van der Waals surface area (Å²) in [6, 6.07) is 7.91. The highest BCUT2D eigenvalue weighted by atomic mass is 79.9.